The van der Waals surface area contributed by atoms with E-state index in [1.807, 2.05) is 25.1 Å². The van der Waals surface area contributed by atoms with Gasteiger partial charge < -0.3 is 36.2 Å². The van der Waals surface area contributed by atoms with Crippen molar-refractivity contribution in [3.63, 3.8) is 0 Å². The number of carbonyl (C=O) groups excluding carboxylic acids is 2. The SMILES string of the molecule is CN(C)CCCNc1ccc(N)c(C(=O)Nc2cc(C(=O)Nc3cc(F)cc(N4CCOCC4)c3)ccc2Cl)c1. The van der Waals surface area contributed by atoms with Crippen molar-refractivity contribution in [3.8, 4) is 0 Å². The Morgan fingerprint density at radius 1 is 1.00 bits per heavy atom. The number of morpholine rings is 1. The monoisotopic (exact) mass is 568 g/mol. The molecule has 1 aliphatic heterocycles. The van der Waals surface area contributed by atoms with Crippen LogP contribution in [0, 0.1) is 5.82 Å². The number of nitrogens with two attached hydrogens (primary N) is 1. The van der Waals surface area contributed by atoms with Crippen LogP contribution in [0.4, 0.5) is 32.8 Å². The van der Waals surface area contributed by atoms with E-state index in [1.165, 1.54) is 30.3 Å². The predicted octanol–water partition coefficient (Wildman–Crippen LogP) is 4.77. The topological polar surface area (TPSA) is 112 Å². The van der Waals surface area contributed by atoms with Crippen LogP contribution in [0.5, 0.6) is 0 Å². The van der Waals surface area contributed by atoms with Gasteiger partial charge in [-0.25, -0.2) is 4.39 Å². The zero-order chi connectivity index (χ0) is 28.6. The number of nitrogen functional groups attached to an aromatic ring is 1. The van der Waals surface area contributed by atoms with Crippen LogP contribution in [-0.2, 0) is 4.74 Å². The number of halogens is 2. The van der Waals surface area contributed by atoms with Crippen LogP contribution in [0.3, 0.4) is 0 Å². The van der Waals surface area contributed by atoms with Crippen molar-refractivity contribution in [2.45, 2.75) is 6.42 Å². The summed E-state index contributed by atoms with van der Waals surface area (Å²) in [5.74, 6) is -1.40. The van der Waals surface area contributed by atoms with Gasteiger partial charge in [0.2, 0.25) is 0 Å². The van der Waals surface area contributed by atoms with E-state index in [2.05, 4.69) is 20.9 Å². The average molecular weight is 569 g/mol. The largest absolute Gasteiger partial charge is 0.398 e. The van der Waals surface area contributed by atoms with Crippen LogP contribution in [0.25, 0.3) is 0 Å². The minimum atomic E-state index is -0.478. The molecule has 0 aromatic heterocycles. The highest BCUT2D eigenvalue weighted by molar-refractivity contribution is 6.34. The molecule has 1 fully saturated rings. The van der Waals surface area contributed by atoms with Gasteiger partial charge in [-0.3, -0.25) is 9.59 Å². The Bertz CT molecular complexity index is 1360. The average Bonchev–Trinajstić information content (AvgIpc) is 2.93. The second-order valence-corrected chi connectivity index (χ2v) is 10.2. The van der Waals surface area contributed by atoms with Crippen LogP contribution in [0.2, 0.25) is 5.02 Å². The maximum absolute atomic E-state index is 14.3. The minimum Gasteiger partial charge on any atom is -0.398 e. The molecule has 212 valence electrons. The van der Waals surface area contributed by atoms with Gasteiger partial charge in [0.1, 0.15) is 5.82 Å². The van der Waals surface area contributed by atoms with Crippen LogP contribution >= 0.6 is 11.6 Å². The number of nitrogens with zero attached hydrogens (tertiary/aromatic N) is 2. The van der Waals surface area contributed by atoms with Crippen molar-refractivity contribution in [1.82, 2.24) is 4.90 Å². The number of ether oxygens (including phenoxy) is 1. The highest BCUT2D eigenvalue weighted by Crippen LogP contribution is 2.27. The first kappa shape index (κ1) is 29.1. The fourth-order valence-corrected chi connectivity index (χ4v) is 4.46. The lowest BCUT2D eigenvalue weighted by molar-refractivity contribution is 0.101. The predicted molar refractivity (Wildman–Crippen MR) is 159 cm³/mol. The molecule has 9 nitrogen and oxygen atoms in total. The number of hydrogen-bond acceptors (Lipinski definition) is 7. The van der Waals surface area contributed by atoms with Crippen molar-refractivity contribution < 1.29 is 18.7 Å². The van der Waals surface area contributed by atoms with E-state index < -0.39 is 17.6 Å². The van der Waals surface area contributed by atoms with E-state index in [4.69, 9.17) is 22.1 Å². The zero-order valence-electron chi connectivity index (χ0n) is 22.6. The van der Waals surface area contributed by atoms with Gasteiger partial charge in [0.15, 0.2) is 0 Å². The Morgan fingerprint density at radius 3 is 2.52 bits per heavy atom. The highest BCUT2D eigenvalue weighted by atomic mass is 35.5. The molecule has 1 aliphatic rings. The van der Waals surface area contributed by atoms with Crippen molar-refractivity contribution in [1.29, 1.82) is 0 Å². The molecule has 0 saturated carbocycles. The number of rotatable bonds is 10. The van der Waals surface area contributed by atoms with Crippen LogP contribution in [0.15, 0.2) is 54.6 Å². The van der Waals surface area contributed by atoms with E-state index in [-0.39, 0.29) is 21.8 Å². The molecule has 0 unspecified atom stereocenters. The second kappa shape index (κ2) is 13.5. The third-order valence-corrected chi connectivity index (χ3v) is 6.73. The summed E-state index contributed by atoms with van der Waals surface area (Å²) in [7, 11) is 4.03. The van der Waals surface area contributed by atoms with E-state index in [0.717, 1.165) is 25.2 Å². The smallest absolute Gasteiger partial charge is 0.257 e. The van der Waals surface area contributed by atoms with Crippen LogP contribution in [-0.4, -0.2) is 70.2 Å². The summed E-state index contributed by atoms with van der Waals surface area (Å²) in [6.07, 6.45) is 0.938. The van der Waals surface area contributed by atoms with E-state index in [1.54, 1.807) is 18.2 Å². The summed E-state index contributed by atoms with van der Waals surface area (Å²) < 4.78 is 19.7. The van der Waals surface area contributed by atoms with Gasteiger partial charge in [0.05, 0.1) is 29.5 Å². The minimum absolute atomic E-state index is 0.237. The van der Waals surface area contributed by atoms with Gasteiger partial charge in [-0.05, 0) is 81.7 Å². The fraction of sp³-hybridized carbons (Fsp3) is 0.310. The standard InChI is InChI=1S/C29H34ClFN6O3/c1-36(2)9-3-8-33-21-5-7-26(32)24(18-21)29(39)35-27-14-19(4-6-25(27)30)28(38)34-22-15-20(31)16-23(17-22)37-10-12-40-13-11-37/h4-7,14-18,33H,3,8-13,32H2,1-2H3,(H,34,38)(H,35,39). The lowest BCUT2D eigenvalue weighted by atomic mass is 10.1. The van der Waals surface area contributed by atoms with Gasteiger partial charge in [-0.2, -0.15) is 0 Å². The van der Waals surface area contributed by atoms with E-state index in [9.17, 15) is 14.0 Å². The van der Waals surface area contributed by atoms with Crippen molar-refractivity contribution >= 4 is 51.9 Å². The molecule has 40 heavy (non-hydrogen) atoms. The molecule has 3 aromatic rings. The number of hydrogen-bond donors (Lipinski definition) is 4. The summed E-state index contributed by atoms with van der Waals surface area (Å²) in [6.45, 7) is 4.06. The van der Waals surface area contributed by atoms with E-state index in [0.29, 0.717) is 43.4 Å². The second-order valence-electron chi connectivity index (χ2n) is 9.79. The molecule has 0 bridgehead atoms. The number of amides is 2. The Kier molecular flexibility index (Phi) is 9.81. The van der Waals surface area contributed by atoms with Crippen LogP contribution < -0.4 is 26.6 Å². The third kappa shape index (κ3) is 7.84. The fourth-order valence-electron chi connectivity index (χ4n) is 4.30. The van der Waals surface area contributed by atoms with Crippen molar-refractivity contribution in [2.24, 2.45) is 0 Å². The summed E-state index contributed by atoms with van der Waals surface area (Å²) in [5, 5.41) is 9.04. The number of carbonyl (C=O) groups is 2. The zero-order valence-corrected chi connectivity index (χ0v) is 23.4. The molecule has 2 amide bonds. The van der Waals surface area contributed by atoms with Crippen molar-refractivity contribution in [3.05, 3.63) is 76.6 Å². The van der Waals surface area contributed by atoms with Gasteiger partial charge in [0.25, 0.3) is 11.8 Å². The third-order valence-electron chi connectivity index (χ3n) is 6.40. The molecule has 11 heteroatoms. The lowest BCUT2D eigenvalue weighted by Crippen LogP contribution is -2.36. The first-order chi connectivity index (χ1) is 19.2. The van der Waals surface area contributed by atoms with Crippen LogP contribution in [0.1, 0.15) is 27.1 Å². The maximum Gasteiger partial charge on any atom is 0.257 e. The molecule has 0 spiro atoms. The lowest BCUT2D eigenvalue weighted by Gasteiger charge is -2.29. The summed E-state index contributed by atoms with van der Waals surface area (Å²) in [6, 6.07) is 14.1. The first-order valence-corrected chi connectivity index (χ1v) is 13.4. The number of anilines is 5. The number of nitrogens with one attached hydrogen (secondary N) is 3. The van der Waals surface area contributed by atoms with Gasteiger partial charge in [0, 0.05) is 47.9 Å². The summed E-state index contributed by atoms with van der Waals surface area (Å²) in [5.41, 5.74) is 8.90. The molecule has 3 aromatic carbocycles. The maximum atomic E-state index is 14.3. The summed E-state index contributed by atoms with van der Waals surface area (Å²) >= 11 is 6.34. The molecule has 1 saturated heterocycles. The quantitative estimate of drug-likeness (QED) is 0.206. The van der Waals surface area contributed by atoms with E-state index >= 15 is 0 Å². The summed E-state index contributed by atoms with van der Waals surface area (Å²) in [4.78, 5) is 30.3. The van der Waals surface area contributed by atoms with Gasteiger partial charge in [-0.1, -0.05) is 11.6 Å². The Balaban J connectivity index is 1.45. The molecule has 1 heterocycles. The Hall–Kier alpha value is -3.86. The molecule has 0 radical (unpaired) electrons. The van der Waals surface area contributed by atoms with Gasteiger partial charge >= 0.3 is 0 Å². The molecule has 0 atom stereocenters. The Labute approximate surface area is 238 Å². The van der Waals surface area contributed by atoms with Gasteiger partial charge in [-0.15, -0.1) is 0 Å². The molecular formula is C29H34ClFN6O3. The molecule has 0 aliphatic carbocycles. The first-order valence-electron chi connectivity index (χ1n) is 13.0. The molecule has 4 rings (SSSR count). The highest BCUT2D eigenvalue weighted by Gasteiger charge is 2.17. The molecular weight excluding hydrogens is 535 g/mol. The number of benzene rings is 3. The Morgan fingerprint density at radius 2 is 1.77 bits per heavy atom. The normalized spacial score (nSPS) is 13.3. The molecule has 5 N–H and O–H groups in total. The van der Waals surface area contributed by atoms with Crippen molar-refractivity contribution in [2.75, 3.05) is 80.1 Å².